The van der Waals surface area contributed by atoms with Crippen molar-refractivity contribution >= 4 is 23.9 Å². The number of H-pyrrole nitrogens is 1. The largest absolute Gasteiger partial charge is 0.479 e. The predicted molar refractivity (Wildman–Crippen MR) is 56.0 cm³/mol. The lowest BCUT2D eigenvalue weighted by Crippen LogP contribution is -2.19. The molecule has 4 N–H and O–H groups in total. The van der Waals surface area contributed by atoms with E-state index in [9.17, 15) is 4.79 Å². The van der Waals surface area contributed by atoms with Crippen molar-refractivity contribution in [2.45, 2.75) is 6.92 Å². The van der Waals surface area contributed by atoms with Crippen molar-refractivity contribution in [2.75, 3.05) is 11.9 Å². The fraction of sp³-hybridized carbons (Fsp3) is 0.250. The normalized spacial score (nSPS) is 9.50. The highest BCUT2D eigenvalue weighted by molar-refractivity contribution is 7.71. The van der Waals surface area contributed by atoms with E-state index in [4.69, 9.17) is 22.7 Å². The summed E-state index contributed by atoms with van der Waals surface area (Å²) in [4.78, 5) is 13.4. The first-order chi connectivity index (χ1) is 6.63. The van der Waals surface area contributed by atoms with Crippen LogP contribution in [0.5, 0.6) is 5.88 Å². The molecule has 2 amide bonds. The zero-order valence-corrected chi connectivity index (χ0v) is 8.48. The number of carbonyl (C=O) groups excluding carboxylic acids is 1. The Balaban J connectivity index is 2.90. The Labute approximate surface area is 86.3 Å². The maximum absolute atomic E-state index is 10.6. The Bertz CT molecular complexity index is 388. The van der Waals surface area contributed by atoms with Crippen LogP contribution < -0.4 is 15.8 Å². The molecule has 0 saturated carbocycles. The third-order valence-corrected chi connectivity index (χ3v) is 1.76. The van der Waals surface area contributed by atoms with Gasteiger partial charge in [-0.1, -0.05) is 12.2 Å². The second-order valence-electron chi connectivity index (χ2n) is 2.49. The van der Waals surface area contributed by atoms with E-state index in [0.717, 1.165) is 0 Å². The summed E-state index contributed by atoms with van der Waals surface area (Å²) < 4.78 is 5.56. The summed E-state index contributed by atoms with van der Waals surface area (Å²) >= 11 is 4.97. The SMILES string of the molecule is CCOc1ccc(NC(N)=O)c(=S)[nH]1. The van der Waals surface area contributed by atoms with E-state index in [1.807, 2.05) is 6.92 Å². The van der Waals surface area contributed by atoms with Gasteiger partial charge < -0.3 is 20.8 Å². The van der Waals surface area contributed by atoms with Gasteiger partial charge in [0, 0.05) is 6.07 Å². The number of carbonyl (C=O) groups is 1. The maximum atomic E-state index is 10.6. The van der Waals surface area contributed by atoms with E-state index in [1.54, 1.807) is 12.1 Å². The molecule has 0 unspecified atom stereocenters. The molecule has 1 heterocycles. The molecule has 0 spiro atoms. The number of hydrogen-bond acceptors (Lipinski definition) is 3. The number of anilines is 1. The van der Waals surface area contributed by atoms with Crippen molar-refractivity contribution in [3.8, 4) is 5.88 Å². The number of hydrogen-bond donors (Lipinski definition) is 3. The zero-order valence-electron chi connectivity index (χ0n) is 7.66. The highest BCUT2D eigenvalue weighted by Crippen LogP contribution is 2.13. The summed E-state index contributed by atoms with van der Waals surface area (Å²) in [5, 5.41) is 2.39. The molecule has 0 aliphatic rings. The molecular formula is C8H11N3O2S. The number of aromatic nitrogens is 1. The predicted octanol–water partition coefficient (Wildman–Crippen LogP) is 1.63. The van der Waals surface area contributed by atoms with Crippen LogP contribution in [0, 0.1) is 4.64 Å². The number of primary amides is 1. The van der Waals surface area contributed by atoms with Crippen molar-refractivity contribution in [1.82, 2.24) is 4.98 Å². The lowest BCUT2D eigenvalue weighted by Gasteiger charge is -2.05. The molecule has 1 aromatic rings. The Hall–Kier alpha value is -1.56. The van der Waals surface area contributed by atoms with Crippen LogP contribution in [0.3, 0.4) is 0 Å². The van der Waals surface area contributed by atoms with E-state index in [1.165, 1.54) is 0 Å². The average Bonchev–Trinajstić information content (AvgIpc) is 2.10. The summed E-state index contributed by atoms with van der Waals surface area (Å²) in [6.07, 6.45) is 0. The van der Waals surface area contributed by atoms with Crippen molar-refractivity contribution in [1.29, 1.82) is 0 Å². The molecule has 1 aromatic heterocycles. The van der Waals surface area contributed by atoms with Crippen LogP contribution >= 0.6 is 12.2 Å². The fourth-order valence-corrected chi connectivity index (χ4v) is 1.15. The molecule has 6 heteroatoms. The van der Waals surface area contributed by atoms with E-state index in [0.29, 0.717) is 22.8 Å². The highest BCUT2D eigenvalue weighted by Gasteiger charge is 2.00. The minimum absolute atomic E-state index is 0.384. The number of amides is 2. The van der Waals surface area contributed by atoms with Gasteiger partial charge in [-0.15, -0.1) is 0 Å². The average molecular weight is 213 g/mol. The van der Waals surface area contributed by atoms with E-state index >= 15 is 0 Å². The van der Waals surface area contributed by atoms with Crippen LogP contribution in [0.1, 0.15) is 6.92 Å². The number of aromatic amines is 1. The number of nitrogens with one attached hydrogen (secondary N) is 2. The first-order valence-electron chi connectivity index (χ1n) is 4.06. The second kappa shape index (κ2) is 4.61. The van der Waals surface area contributed by atoms with Crippen LogP contribution in [-0.2, 0) is 0 Å². The number of urea groups is 1. The Kier molecular flexibility index (Phi) is 3.47. The molecule has 0 fully saturated rings. The van der Waals surface area contributed by atoms with E-state index < -0.39 is 6.03 Å². The molecule has 0 radical (unpaired) electrons. The maximum Gasteiger partial charge on any atom is 0.316 e. The van der Waals surface area contributed by atoms with Gasteiger partial charge in [-0.05, 0) is 13.0 Å². The molecular weight excluding hydrogens is 202 g/mol. The third-order valence-electron chi connectivity index (χ3n) is 1.44. The van der Waals surface area contributed by atoms with Gasteiger partial charge in [0.1, 0.15) is 4.64 Å². The molecule has 0 aromatic carbocycles. The lowest BCUT2D eigenvalue weighted by atomic mass is 10.4. The van der Waals surface area contributed by atoms with Gasteiger partial charge in [-0.3, -0.25) is 0 Å². The minimum Gasteiger partial charge on any atom is -0.479 e. The number of nitrogens with two attached hydrogens (primary N) is 1. The molecule has 0 atom stereocenters. The van der Waals surface area contributed by atoms with Gasteiger partial charge >= 0.3 is 6.03 Å². The quantitative estimate of drug-likeness (QED) is 0.667. The summed E-state index contributed by atoms with van der Waals surface area (Å²) in [6.45, 7) is 2.42. The monoisotopic (exact) mass is 213 g/mol. The lowest BCUT2D eigenvalue weighted by molar-refractivity contribution is 0.259. The van der Waals surface area contributed by atoms with E-state index in [-0.39, 0.29) is 0 Å². The Morgan fingerprint density at radius 1 is 1.71 bits per heavy atom. The molecule has 76 valence electrons. The van der Waals surface area contributed by atoms with Gasteiger partial charge in [0.05, 0.1) is 12.3 Å². The van der Waals surface area contributed by atoms with Gasteiger partial charge in [0.2, 0.25) is 0 Å². The molecule has 14 heavy (non-hydrogen) atoms. The zero-order chi connectivity index (χ0) is 10.6. The second-order valence-corrected chi connectivity index (χ2v) is 2.90. The topological polar surface area (TPSA) is 80.1 Å². The first-order valence-corrected chi connectivity index (χ1v) is 4.47. The smallest absolute Gasteiger partial charge is 0.316 e. The van der Waals surface area contributed by atoms with Crippen LogP contribution in [0.2, 0.25) is 0 Å². The standard InChI is InChI=1S/C8H11N3O2S/c1-2-13-6-4-3-5(7(14)11-6)10-8(9)12/h3-4H,2H2,1H3,(H,11,14)(H3,9,10,12). The summed E-state index contributed by atoms with van der Waals surface area (Å²) in [5.74, 6) is 0.563. The van der Waals surface area contributed by atoms with Gasteiger partial charge in [0.25, 0.3) is 0 Å². The van der Waals surface area contributed by atoms with Crippen LogP contribution in [0.15, 0.2) is 12.1 Å². The Morgan fingerprint density at radius 2 is 2.43 bits per heavy atom. The molecule has 0 saturated heterocycles. The van der Waals surface area contributed by atoms with Crippen molar-refractivity contribution in [3.63, 3.8) is 0 Å². The molecule has 0 bridgehead atoms. The van der Waals surface area contributed by atoms with Crippen molar-refractivity contribution in [3.05, 3.63) is 16.8 Å². The number of pyridine rings is 1. The van der Waals surface area contributed by atoms with Gasteiger partial charge in [0.15, 0.2) is 5.88 Å². The fourth-order valence-electron chi connectivity index (χ4n) is 0.926. The van der Waals surface area contributed by atoms with Crippen LogP contribution in [0.25, 0.3) is 0 Å². The Morgan fingerprint density at radius 3 is 2.93 bits per heavy atom. The highest BCUT2D eigenvalue weighted by atomic mass is 32.1. The first kappa shape index (κ1) is 10.5. The summed E-state index contributed by atoms with van der Waals surface area (Å²) in [7, 11) is 0. The minimum atomic E-state index is -0.645. The number of rotatable bonds is 3. The summed E-state index contributed by atoms with van der Waals surface area (Å²) in [6, 6.07) is 2.66. The number of ether oxygens (including phenoxy) is 1. The molecule has 1 rings (SSSR count). The molecule has 0 aliphatic carbocycles. The van der Waals surface area contributed by atoms with Crippen molar-refractivity contribution < 1.29 is 9.53 Å². The van der Waals surface area contributed by atoms with E-state index in [2.05, 4.69) is 10.3 Å². The third kappa shape index (κ3) is 2.74. The van der Waals surface area contributed by atoms with Gasteiger partial charge in [-0.25, -0.2) is 4.79 Å². The van der Waals surface area contributed by atoms with Crippen molar-refractivity contribution in [2.24, 2.45) is 5.73 Å². The molecule has 5 nitrogen and oxygen atoms in total. The van der Waals surface area contributed by atoms with Crippen LogP contribution in [0.4, 0.5) is 10.5 Å². The molecule has 0 aliphatic heterocycles. The summed E-state index contributed by atoms with van der Waals surface area (Å²) in [5.41, 5.74) is 5.42. The van der Waals surface area contributed by atoms with Crippen LogP contribution in [-0.4, -0.2) is 17.6 Å². The van der Waals surface area contributed by atoms with Gasteiger partial charge in [-0.2, -0.15) is 0 Å².